The van der Waals surface area contributed by atoms with Crippen LogP contribution in [-0.2, 0) is 28.4 Å². The van der Waals surface area contributed by atoms with Gasteiger partial charge in [-0.25, -0.2) is 0 Å². The molecule has 1 saturated heterocycles. The maximum absolute atomic E-state index is 12.9. The van der Waals surface area contributed by atoms with Gasteiger partial charge in [-0.15, -0.1) is 0 Å². The minimum atomic E-state index is -1.58. The van der Waals surface area contributed by atoms with Crippen molar-refractivity contribution in [1.82, 2.24) is 0 Å². The van der Waals surface area contributed by atoms with Gasteiger partial charge in [-0.3, -0.25) is 9.59 Å². The van der Waals surface area contributed by atoms with Crippen LogP contribution >= 0.6 is 0 Å². The summed E-state index contributed by atoms with van der Waals surface area (Å²) in [6.45, 7) is 15.9. The second-order valence-corrected chi connectivity index (χ2v) is 8.38. The van der Waals surface area contributed by atoms with Crippen LogP contribution in [0, 0.1) is 5.41 Å². The number of carbonyl (C=O) groups is 2. The molecule has 0 bridgehead atoms. The first-order valence-electron chi connectivity index (χ1n) is 9.29. The van der Waals surface area contributed by atoms with Gasteiger partial charge in [-0.1, -0.05) is 24.6 Å². The number of rotatable bonds is 4. The molecule has 0 amide bonds. The predicted octanol–water partition coefficient (Wildman–Crippen LogP) is 3.47. The summed E-state index contributed by atoms with van der Waals surface area (Å²) in [5.74, 6) is -2.01. The topological polar surface area (TPSA) is 71.1 Å². The van der Waals surface area contributed by atoms with Crippen LogP contribution in [0.15, 0.2) is 23.3 Å². The first-order valence-corrected chi connectivity index (χ1v) is 9.29. The number of esters is 2. The van der Waals surface area contributed by atoms with E-state index in [9.17, 15) is 9.59 Å². The molecule has 1 saturated carbocycles. The molecule has 1 aliphatic heterocycles. The normalized spacial score (nSPS) is 27.5. The second kappa shape index (κ2) is 7.10. The molecule has 2 rings (SSSR count). The summed E-state index contributed by atoms with van der Waals surface area (Å²) in [4.78, 5) is 25.9. The van der Waals surface area contributed by atoms with E-state index >= 15 is 0 Å². The number of ether oxygens (including phenoxy) is 2. The molecule has 0 radical (unpaired) electrons. The van der Waals surface area contributed by atoms with Crippen LogP contribution in [0.2, 0.25) is 5.82 Å². The van der Waals surface area contributed by atoms with Crippen molar-refractivity contribution in [3.63, 3.8) is 0 Å². The molecule has 6 nitrogen and oxygen atoms in total. The average Bonchev–Trinajstić information content (AvgIpc) is 3.03. The third-order valence-corrected chi connectivity index (χ3v) is 6.35. The molecule has 0 N–H and O–H groups in total. The number of carbonyl (C=O) groups excluding carboxylic acids is 2. The summed E-state index contributed by atoms with van der Waals surface area (Å²) in [5.41, 5.74) is -0.200. The van der Waals surface area contributed by atoms with Gasteiger partial charge in [0.1, 0.15) is 0 Å². The Hall–Kier alpha value is -1.60. The Kier molecular flexibility index (Phi) is 5.70. The molecular formula is C20H31BO6. The fourth-order valence-electron chi connectivity index (χ4n) is 4.00. The summed E-state index contributed by atoms with van der Waals surface area (Å²) < 4.78 is 22.6. The molecule has 0 aromatic heterocycles. The lowest BCUT2D eigenvalue weighted by Gasteiger charge is -2.32. The van der Waals surface area contributed by atoms with Gasteiger partial charge in [0.25, 0.3) is 0 Å². The van der Waals surface area contributed by atoms with Gasteiger partial charge in [0, 0.05) is 5.82 Å². The maximum atomic E-state index is 12.9. The molecule has 2 aliphatic rings. The van der Waals surface area contributed by atoms with E-state index in [0.29, 0.717) is 5.57 Å². The van der Waals surface area contributed by atoms with Gasteiger partial charge in [0.15, 0.2) is 5.41 Å². The van der Waals surface area contributed by atoms with Crippen molar-refractivity contribution in [2.75, 3.05) is 14.2 Å². The fraction of sp³-hybridized carbons (Fsp3) is 0.700. The first kappa shape index (κ1) is 21.7. The summed E-state index contributed by atoms with van der Waals surface area (Å²) in [5, 5.41) is 0. The molecule has 1 heterocycles. The third kappa shape index (κ3) is 3.15. The molecule has 1 aliphatic carbocycles. The zero-order valence-corrected chi connectivity index (χ0v) is 17.7. The molecule has 1 unspecified atom stereocenters. The van der Waals surface area contributed by atoms with Crippen LogP contribution in [0.3, 0.4) is 0 Å². The van der Waals surface area contributed by atoms with Crippen molar-refractivity contribution < 1.29 is 28.4 Å². The molecule has 0 spiro atoms. The summed E-state index contributed by atoms with van der Waals surface area (Å²) in [6, 6.07) is 0. The van der Waals surface area contributed by atoms with Crippen molar-refractivity contribution in [3.05, 3.63) is 23.3 Å². The predicted molar refractivity (Wildman–Crippen MR) is 103 cm³/mol. The molecule has 0 aromatic rings. The van der Waals surface area contributed by atoms with Gasteiger partial charge in [0.05, 0.1) is 25.4 Å². The van der Waals surface area contributed by atoms with Crippen LogP contribution < -0.4 is 0 Å². The Balaban J connectivity index is 2.72. The van der Waals surface area contributed by atoms with Crippen LogP contribution in [0.25, 0.3) is 0 Å². The lowest BCUT2D eigenvalue weighted by molar-refractivity contribution is -0.168. The number of hydrogen-bond donors (Lipinski definition) is 0. The van der Waals surface area contributed by atoms with Crippen molar-refractivity contribution in [2.45, 2.75) is 71.4 Å². The minimum Gasteiger partial charge on any atom is -0.468 e. The Morgan fingerprint density at radius 3 is 1.93 bits per heavy atom. The molecular weight excluding hydrogens is 347 g/mol. The number of methoxy groups -OCH3 is 2. The van der Waals surface area contributed by atoms with Gasteiger partial charge < -0.3 is 18.8 Å². The van der Waals surface area contributed by atoms with Crippen LogP contribution in [-0.4, -0.2) is 44.5 Å². The van der Waals surface area contributed by atoms with Gasteiger partial charge in [-0.05, 0) is 53.0 Å². The lowest BCUT2D eigenvalue weighted by atomic mass is 9.56. The SMILES string of the molecule is C=C1CC(C(=O)OC)(C(=O)OC)C(B2OC(C)(C)C(C)(C)O2)/C1=C(/C)CC. The van der Waals surface area contributed by atoms with E-state index in [2.05, 4.69) is 6.58 Å². The highest BCUT2D eigenvalue weighted by Crippen LogP contribution is 2.60. The highest BCUT2D eigenvalue weighted by atomic mass is 16.7. The number of hydrogen-bond acceptors (Lipinski definition) is 6. The standard InChI is InChI=1S/C20H31BO6/c1-10-12(2)14-13(3)11-20(16(22)24-8,17(23)25-9)15(14)21-26-18(4,5)19(6,7)27-21/h15H,3,10-11H2,1-2,4-9H3/b14-12-. The van der Waals surface area contributed by atoms with Crippen molar-refractivity contribution in [1.29, 1.82) is 0 Å². The van der Waals surface area contributed by atoms with E-state index in [1.54, 1.807) is 0 Å². The van der Waals surface area contributed by atoms with Crippen LogP contribution in [0.4, 0.5) is 0 Å². The van der Waals surface area contributed by atoms with E-state index in [-0.39, 0.29) is 6.42 Å². The second-order valence-electron chi connectivity index (χ2n) is 8.38. The zero-order valence-electron chi connectivity index (χ0n) is 17.7. The smallest absolute Gasteiger partial charge is 0.467 e. The van der Waals surface area contributed by atoms with E-state index in [1.807, 2.05) is 41.5 Å². The summed E-state index contributed by atoms with van der Waals surface area (Å²) in [7, 11) is 1.74. The van der Waals surface area contributed by atoms with E-state index in [0.717, 1.165) is 17.6 Å². The molecule has 27 heavy (non-hydrogen) atoms. The molecule has 0 aromatic carbocycles. The molecule has 7 heteroatoms. The van der Waals surface area contributed by atoms with Gasteiger partial charge in [0.2, 0.25) is 0 Å². The molecule has 2 fully saturated rings. The van der Waals surface area contributed by atoms with E-state index in [4.69, 9.17) is 18.8 Å². The summed E-state index contributed by atoms with van der Waals surface area (Å²) >= 11 is 0. The monoisotopic (exact) mass is 378 g/mol. The van der Waals surface area contributed by atoms with Gasteiger partial charge in [-0.2, -0.15) is 0 Å². The summed E-state index contributed by atoms with van der Waals surface area (Å²) in [6.07, 6.45) is 0.872. The quantitative estimate of drug-likeness (QED) is 0.424. The first-order chi connectivity index (χ1) is 12.4. The van der Waals surface area contributed by atoms with Gasteiger partial charge >= 0.3 is 19.1 Å². The van der Waals surface area contributed by atoms with Crippen LogP contribution in [0.1, 0.15) is 54.4 Å². The maximum Gasteiger partial charge on any atom is 0.467 e. The minimum absolute atomic E-state index is 0.119. The highest BCUT2D eigenvalue weighted by molar-refractivity contribution is 6.51. The molecule has 150 valence electrons. The molecule has 1 atom stereocenters. The zero-order chi connectivity index (χ0) is 20.8. The Morgan fingerprint density at radius 2 is 1.56 bits per heavy atom. The number of allylic oxidation sites excluding steroid dienone is 3. The highest BCUT2D eigenvalue weighted by Gasteiger charge is 2.68. The Morgan fingerprint density at radius 1 is 1.11 bits per heavy atom. The lowest BCUT2D eigenvalue weighted by Crippen LogP contribution is -2.48. The van der Waals surface area contributed by atoms with Crippen molar-refractivity contribution in [3.8, 4) is 0 Å². The Labute approximate surface area is 162 Å². The fourth-order valence-corrected chi connectivity index (χ4v) is 4.00. The largest absolute Gasteiger partial charge is 0.468 e. The Bertz CT molecular complexity index is 659. The van der Waals surface area contributed by atoms with E-state index < -0.39 is 41.5 Å². The van der Waals surface area contributed by atoms with E-state index in [1.165, 1.54) is 14.2 Å². The average molecular weight is 378 g/mol. The van der Waals surface area contributed by atoms with Crippen molar-refractivity contribution in [2.24, 2.45) is 5.41 Å². The van der Waals surface area contributed by atoms with Crippen LogP contribution in [0.5, 0.6) is 0 Å². The van der Waals surface area contributed by atoms with Crippen molar-refractivity contribution >= 4 is 19.1 Å². The third-order valence-electron chi connectivity index (χ3n) is 6.35.